The van der Waals surface area contributed by atoms with E-state index < -0.39 is 17.7 Å². The lowest BCUT2D eigenvalue weighted by Gasteiger charge is -2.28. The zero-order valence-electron chi connectivity index (χ0n) is 12.2. The lowest BCUT2D eigenvalue weighted by atomic mass is 10.2. The summed E-state index contributed by atoms with van der Waals surface area (Å²) >= 11 is 2.17. The molecular formula is C16H16F2INO2. The summed E-state index contributed by atoms with van der Waals surface area (Å²) in [7, 11) is 0. The highest BCUT2D eigenvalue weighted by atomic mass is 127. The molecule has 2 rings (SSSR count). The summed E-state index contributed by atoms with van der Waals surface area (Å²) in [6, 6.07) is 9.42. The summed E-state index contributed by atoms with van der Waals surface area (Å²) < 4.78 is 28.7. The minimum absolute atomic E-state index is 0.0374. The van der Waals surface area contributed by atoms with E-state index in [0.717, 1.165) is 15.2 Å². The largest absolute Gasteiger partial charge is 0.394 e. The van der Waals surface area contributed by atoms with Crippen LogP contribution in [0.5, 0.6) is 0 Å². The van der Waals surface area contributed by atoms with Gasteiger partial charge in [-0.3, -0.25) is 4.84 Å². The first-order valence-electron chi connectivity index (χ1n) is 6.72. The molecule has 0 fully saturated rings. The van der Waals surface area contributed by atoms with Crippen LogP contribution in [0.3, 0.4) is 0 Å². The first kappa shape index (κ1) is 17.1. The molecule has 0 aliphatic carbocycles. The number of aliphatic hydroxyl groups excluding tert-OH is 1. The summed E-state index contributed by atoms with van der Waals surface area (Å²) in [6.07, 6.45) is -0.568. The molecule has 1 N–H and O–H groups in total. The van der Waals surface area contributed by atoms with E-state index in [-0.39, 0.29) is 12.3 Å². The number of halogens is 3. The normalized spacial score (nSPS) is 12.3. The predicted molar refractivity (Wildman–Crippen MR) is 90.0 cm³/mol. The molecule has 0 heterocycles. The maximum atomic E-state index is 14.1. The van der Waals surface area contributed by atoms with Crippen molar-refractivity contribution in [2.24, 2.45) is 0 Å². The molecule has 0 saturated carbocycles. The molecule has 0 spiro atoms. The van der Waals surface area contributed by atoms with Crippen LogP contribution >= 0.6 is 22.6 Å². The van der Waals surface area contributed by atoms with Crippen molar-refractivity contribution in [2.75, 3.05) is 11.7 Å². The summed E-state index contributed by atoms with van der Waals surface area (Å²) in [6.45, 7) is 3.26. The lowest BCUT2D eigenvalue weighted by molar-refractivity contribution is 0.0239. The molecule has 0 aliphatic rings. The van der Waals surface area contributed by atoms with Gasteiger partial charge in [-0.15, -0.1) is 0 Å². The van der Waals surface area contributed by atoms with Gasteiger partial charge in [-0.05, 0) is 72.3 Å². The predicted octanol–water partition coefficient (Wildman–Crippen LogP) is 4.33. The number of benzene rings is 2. The van der Waals surface area contributed by atoms with E-state index in [1.54, 1.807) is 13.0 Å². The van der Waals surface area contributed by atoms with Crippen molar-refractivity contribution in [2.45, 2.75) is 20.0 Å². The van der Waals surface area contributed by atoms with Crippen molar-refractivity contribution in [3.63, 3.8) is 0 Å². The fourth-order valence-electron chi connectivity index (χ4n) is 1.95. The van der Waals surface area contributed by atoms with E-state index >= 15 is 0 Å². The average Bonchev–Trinajstić information content (AvgIpc) is 2.48. The number of aryl methyl sites for hydroxylation is 1. The van der Waals surface area contributed by atoms with Crippen molar-refractivity contribution in [3.8, 4) is 0 Å². The second kappa shape index (κ2) is 7.34. The topological polar surface area (TPSA) is 32.7 Å². The van der Waals surface area contributed by atoms with Crippen molar-refractivity contribution in [3.05, 3.63) is 57.2 Å². The Balaban J connectivity index is 2.53. The molecule has 0 saturated heterocycles. The third-order valence-electron chi connectivity index (χ3n) is 3.07. The van der Waals surface area contributed by atoms with Gasteiger partial charge in [-0.2, -0.15) is 0 Å². The molecule has 6 heteroatoms. The highest BCUT2D eigenvalue weighted by Crippen LogP contribution is 2.33. The number of rotatable bonds is 5. The molecule has 2 aromatic carbocycles. The van der Waals surface area contributed by atoms with Crippen LogP contribution in [0.4, 0.5) is 20.2 Å². The summed E-state index contributed by atoms with van der Waals surface area (Å²) in [5.74, 6) is -1.95. The van der Waals surface area contributed by atoms with Crippen LogP contribution in [-0.4, -0.2) is 17.8 Å². The molecule has 22 heavy (non-hydrogen) atoms. The van der Waals surface area contributed by atoms with Gasteiger partial charge >= 0.3 is 0 Å². The quantitative estimate of drug-likeness (QED) is 0.579. The number of hydrogen-bond acceptors (Lipinski definition) is 3. The third-order valence-corrected chi connectivity index (χ3v) is 3.74. The van der Waals surface area contributed by atoms with Crippen molar-refractivity contribution >= 4 is 34.0 Å². The highest BCUT2D eigenvalue weighted by Gasteiger charge is 2.21. The Hall–Kier alpha value is -1.25. The van der Waals surface area contributed by atoms with Crippen LogP contribution in [0, 0.1) is 22.1 Å². The van der Waals surface area contributed by atoms with Crippen LogP contribution in [0.2, 0.25) is 0 Å². The van der Waals surface area contributed by atoms with Gasteiger partial charge in [0.25, 0.3) is 0 Å². The minimum atomic E-state index is -0.995. The summed E-state index contributed by atoms with van der Waals surface area (Å²) in [4.78, 5) is 5.60. The van der Waals surface area contributed by atoms with Gasteiger partial charge in [-0.25, -0.2) is 13.8 Å². The van der Waals surface area contributed by atoms with Crippen molar-refractivity contribution in [1.29, 1.82) is 0 Å². The maximum absolute atomic E-state index is 14.1. The molecule has 2 aromatic rings. The first-order chi connectivity index (χ1) is 10.4. The Morgan fingerprint density at radius 1 is 1.23 bits per heavy atom. The summed E-state index contributed by atoms with van der Waals surface area (Å²) in [5.41, 5.74) is 1.40. The van der Waals surface area contributed by atoms with Crippen LogP contribution in [0.1, 0.15) is 12.5 Å². The van der Waals surface area contributed by atoms with E-state index in [9.17, 15) is 13.9 Å². The Labute approximate surface area is 141 Å². The molecule has 0 aliphatic heterocycles. The number of nitrogens with zero attached hydrogens (tertiary/aromatic N) is 1. The second-order valence-corrected chi connectivity index (χ2v) is 6.14. The monoisotopic (exact) mass is 419 g/mol. The van der Waals surface area contributed by atoms with Crippen LogP contribution in [0.25, 0.3) is 0 Å². The second-order valence-electron chi connectivity index (χ2n) is 4.90. The fourth-order valence-corrected chi connectivity index (χ4v) is 2.60. The molecule has 0 bridgehead atoms. The van der Waals surface area contributed by atoms with Crippen molar-refractivity contribution in [1.82, 2.24) is 0 Å². The Morgan fingerprint density at radius 3 is 2.59 bits per heavy atom. The highest BCUT2D eigenvalue weighted by molar-refractivity contribution is 14.1. The van der Waals surface area contributed by atoms with Gasteiger partial charge in [0.05, 0.1) is 12.3 Å². The van der Waals surface area contributed by atoms with E-state index in [1.165, 1.54) is 17.2 Å². The average molecular weight is 419 g/mol. The summed E-state index contributed by atoms with van der Waals surface area (Å²) in [5, 5.41) is 10.4. The van der Waals surface area contributed by atoms with E-state index in [1.807, 2.05) is 19.1 Å². The molecule has 118 valence electrons. The van der Waals surface area contributed by atoms with E-state index in [0.29, 0.717) is 5.69 Å². The van der Waals surface area contributed by atoms with Gasteiger partial charge in [-0.1, -0.05) is 6.07 Å². The number of anilines is 2. The van der Waals surface area contributed by atoms with Gasteiger partial charge in [0, 0.05) is 3.57 Å². The Morgan fingerprint density at radius 2 is 1.95 bits per heavy atom. The fraction of sp³-hybridized carbons (Fsp3) is 0.250. The first-order valence-corrected chi connectivity index (χ1v) is 7.80. The van der Waals surface area contributed by atoms with E-state index in [2.05, 4.69) is 22.6 Å². The van der Waals surface area contributed by atoms with Gasteiger partial charge in [0.1, 0.15) is 11.8 Å². The maximum Gasteiger partial charge on any atom is 0.184 e. The van der Waals surface area contributed by atoms with Gasteiger partial charge in [0.15, 0.2) is 11.6 Å². The SMILES string of the molecule is Cc1cc(I)ccc1N(OC(C)CO)c1cccc(F)c1F. The Bertz CT molecular complexity index is 667. The number of aliphatic hydroxyl groups is 1. The molecule has 0 aromatic heterocycles. The standard InChI is InChI=1S/C16H16F2INO2/c1-10-8-12(19)6-7-14(10)20(22-11(2)9-21)15-5-3-4-13(17)16(15)18/h3-8,11,21H,9H2,1-2H3. The van der Waals surface area contributed by atoms with Crippen LogP contribution in [0.15, 0.2) is 36.4 Å². The Kier molecular flexibility index (Phi) is 5.71. The zero-order chi connectivity index (χ0) is 16.3. The van der Waals surface area contributed by atoms with Crippen LogP contribution in [-0.2, 0) is 4.84 Å². The van der Waals surface area contributed by atoms with Gasteiger partial charge in [0.2, 0.25) is 0 Å². The minimum Gasteiger partial charge on any atom is -0.394 e. The zero-order valence-corrected chi connectivity index (χ0v) is 14.3. The molecule has 1 atom stereocenters. The van der Waals surface area contributed by atoms with Gasteiger partial charge < -0.3 is 5.11 Å². The van der Waals surface area contributed by atoms with E-state index in [4.69, 9.17) is 4.84 Å². The molecule has 1 unspecified atom stereocenters. The lowest BCUT2D eigenvalue weighted by Crippen LogP contribution is -2.27. The van der Waals surface area contributed by atoms with Crippen molar-refractivity contribution < 1.29 is 18.7 Å². The molecular weight excluding hydrogens is 403 g/mol. The third kappa shape index (κ3) is 3.74. The molecule has 0 amide bonds. The molecule has 3 nitrogen and oxygen atoms in total. The van der Waals surface area contributed by atoms with Crippen LogP contribution < -0.4 is 5.06 Å². The smallest absolute Gasteiger partial charge is 0.184 e. The molecule has 0 radical (unpaired) electrons. The number of hydrogen-bond donors (Lipinski definition) is 1.